The number of likely N-dealkylation sites (tertiary alicyclic amines) is 1. The number of halogens is 1. The van der Waals surface area contributed by atoms with Crippen molar-refractivity contribution in [1.29, 1.82) is 0 Å². The van der Waals surface area contributed by atoms with Gasteiger partial charge in [0.2, 0.25) is 5.91 Å². The molecule has 0 saturated carbocycles. The van der Waals surface area contributed by atoms with E-state index in [2.05, 4.69) is 0 Å². The molecule has 1 fully saturated rings. The van der Waals surface area contributed by atoms with Crippen LogP contribution in [0.5, 0.6) is 5.75 Å². The molecule has 1 aliphatic rings. The molecule has 0 spiro atoms. The summed E-state index contributed by atoms with van der Waals surface area (Å²) in [7, 11) is 0. The highest BCUT2D eigenvalue weighted by Gasteiger charge is 2.25. The largest absolute Gasteiger partial charge is 0.491 e. The number of carbonyl (C=O) groups excluding carboxylic acids is 1. The number of amides is 1. The van der Waals surface area contributed by atoms with E-state index >= 15 is 0 Å². The van der Waals surface area contributed by atoms with Crippen molar-refractivity contribution in [2.45, 2.75) is 38.2 Å². The second-order valence-corrected chi connectivity index (χ2v) is 5.57. The van der Waals surface area contributed by atoms with E-state index in [1.165, 1.54) is 0 Å². The molecule has 1 unspecified atom stereocenters. The molecule has 0 aromatic heterocycles. The van der Waals surface area contributed by atoms with Crippen LogP contribution in [0.4, 0.5) is 0 Å². The Labute approximate surface area is 119 Å². The molecule has 104 valence electrons. The summed E-state index contributed by atoms with van der Waals surface area (Å²) in [4.78, 5) is 14.0. The molecule has 0 aliphatic carbocycles. The number of nitrogens with zero attached hydrogens (tertiary/aromatic N) is 1. The van der Waals surface area contributed by atoms with Crippen molar-refractivity contribution < 1.29 is 9.53 Å². The second kappa shape index (κ2) is 6.29. The van der Waals surface area contributed by atoms with Crippen molar-refractivity contribution >= 4 is 17.5 Å². The van der Waals surface area contributed by atoms with Crippen molar-refractivity contribution in [3.05, 3.63) is 29.8 Å². The number of benzene rings is 1. The average molecular weight is 282 g/mol. The Hall–Kier alpha value is -1.22. The van der Waals surface area contributed by atoms with Gasteiger partial charge >= 0.3 is 0 Å². The maximum absolute atomic E-state index is 12.2. The van der Waals surface area contributed by atoms with Gasteiger partial charge in [0, 0.05) is 13.1 Å². The fourth-order valence-corrected chi connectivity index (χ4v) is 2.51. The summed E-state index contributed by atoms with van der Waals surface area (Å²) in [6.45, 7) is 5.62. The molecule has 0 bridgehead atoms. The molecular weight excluding hydrogens is 262 g/mol. The lowest BCUT2D eigenvalue weighted by Gasteiger charge is -2.19. The SMILES string of the molecule is CC(C)Oc1ccc(C(Cl)C(=O)N2CCCC2)cc1. The Kier molecular flexibility index (Phi) is 4.70. The Morgan fingerprint density at radius 3 is 2.32 bits per heavy atom. The summed E-state index contributed by atoms with van der Waals surface area (Å²) in [6, 6.07) is 7.46. The highest BCUT2D eigenvalue weighted by Crippen LogP contribution is 2.26. The third-order valence-corrected chi connectivity index (χ3v) is 3.62. The number of carbonyl (C=O) groups is 1. The molecule has 4 heteroatoms. The second-order valence-electron chi connectivity index (χ2n) is 5.13. The van der Waals surface area contributed by atoms with Crippen molar-refractivity contribution in [3.8, 4) is 5.75 Å². The van der Waals surface area contributed by atoms with Gasteiger partial charge in [0.05, 0.1) is 6.10 Å². The number of alkyl halides is 1. The Morgan fingerprint density at radius 2 is 1.79 bits per heavy atom. The molecular formula is C15H20ClNO2. The quantitative estimate of drug-likeness (QED) is 0.792. The minimum absolute atomic E-state index is 0.0108. The van der Waals surface area contributed by atoms with Gasteiger partial charge in [-0.15, -0.1) is 11.6 Å². The summed E-state index contributed by atoms with van der Waals surface area (Å²) in [5.74, 6) is 0.813. The maximum Gasteiger partial charge on any atom is 0.245 e. The normalized spacial score (nSPS) is 16.7. The first-order valence-electron chi connectivity index (χ1n) is 6.77. The molecule has 1 saturated heterocycles. The summed E-state index contributed by atoms with van der Waals surface area (Å²) in [5, 5.41) is -0.591. The number of ether oxygens (including phenoxy) is 1. The van der Waals surface area contributed by atoms with E-state index in [1.54, 1.807) is 0 Å². The van der Waals surface area contributed by atoms with Crippen LogP contribution >= 0.6 is 11.6 Å². The van der Waals surface area contributed by atoms with Gasteiger partial charge in [0.15, 0.2) is 0 Å². The highest BCUT2D eigenvalue weighted by atomic mass is 35.5. The van der Waals surface area contributed by atoms with E-state index < -0.39 is 5.38 Å². The van der Waals surface area contributed by atoms with Crippen LogP contribution in [0.15, 0.2) is 24.3 Å². The van der Waals surface area contributed by atoms with Crippen LogP contribution in [0.3, 0.4) is 0 Å². The summed E-state index contributed by atoms with van der Waals surface area (Å²) in [5.41, 5.74) is 0.828. The van der Waals surface area contributed by atoms with E-state index in [9.17, 15) is 4.79 Å². The van der Waals surface area contributed by atoms with Gasteiger partial charge in [0.1, 0.15) is 11.1 Å². The van der Waals surface area contributed by atoms with E-state index in [0.717, 1.165) is 37.2 Å². The number of hydrogen-bond donors (Lipinski definition) is 0. The average Bonchev–Trinajstić information content (AvgIpc) is 2.91. The molecule has 1 heterocycles. The van der Waals surface area contributed by atoms with Crippen LogP contribution in [0.2, 0.25) is 0 Å². The van der Waals surface area contributed by atoms with E-state index in [4.69, 9.17) is 16.3 Å². The molecule has 3 nitrogen and oxygen atoms in total. The lowest BCUT2D eigenvalue weighted by molar-refractivity contribution is -0.129. The fraction of sp³-hybridized carbons (Fsp3) is 0.533. The lowest BCUT2D eigenvalue weighted by atomic mass is 10.1. The first kappa shape index (κ1) is 14.2. The van der Waals surface area contributed by atoms with Gasteiger partial charge in [-0.25, -0.2) is 0 Å². The van der Waals surface area contributed by atoms with Crippen molar-refractivity contribution in [3.63, 3.8) is 0 Å². The van der Waals surface area contributed by atoms with E-state index in [-0.39, 0.29) is 12.0 Å². The minimum atomic E-state index is -0.591. The molecule has 1 aromatic rings. The molecule has 0 radical (unpaired) electrons. The molecule has 1 aromatic carbocycles. The van der Waals surface area contributed by atoms with Crippen LogP contribution in [0.25, 0.3) is 0 Å². The maximum atomic E-state index is 12.2. The van der Waals surface area contributed by atoms with Gasteiger partial charge in [-0.1, -0.05) is 12.1 Å². The topological polar surface area (TPSA) is 29.5 Å². The third-order valence-electron chi connectivity index (χ3n) is 3.18. The fourth-order valence-electron chi connectivity index (χ4n) is 2.23. The summed E-state index contributed by atoms with van der Waals surface area (Å²) < 4.78 is 5.57. The van der Waals surface area contributed by atoms with Gasteiger partial charge in [0.25, 0.3) is 0 Å². The lowest BCUT2D eigenvalue weighted by Crippen LogP contribution is -2.30. The van der Waals surface area contributed by atoms with Crippen LogP contribution in [-0.4, -0.2) is 30.0 Å². The van der Waals surface area contributed by atoms with Gasteiger partial charge < -0.3 is 9.64 Å². The van der Waals surface area contributed by atoms with Crippen molar-refractivity contribution in [2.24, 2.45) is 0 Å². The standard InChI is InChI=1S/C15H20ClNO2/c1-11(2)19-13-7-5-12(6-8-13)14(16)15(18)17-9-3-4-10-17/h5-8,11,14H,3-4,9-10H2,1-2H3. The predicted molar refractivity (Wildman–Crippen MR) is 76.6 cm³/mol. The van der Waals surface area contributed by atoms with E-state index in [1.807, 2.05) is 43.0 Å². The van der Waals surface area contributed by atoms with Gasteiger partial charge in [-0.05, 0) is 44.4 Å². The van der Waals surface area contributed by atoms with Crippen LogP contribution in [0.1, 0.15) is 37.6 Å². The molecule has 0 N–H and O–H groups in total. The minimum Gasteiger partial charge on any atom is -0.491 e. The molecule has 1 aliphatic heterocycles. The molecule has 1 atom stereocenters. The number of rotatable bonds is 4. The zero-order valence-electron chi connectivity index (χ0n) is 11.4. The third kappa shape index (κ3) is 3.63. The van der Waals surface area contributed by atoms with Crippen LogP contribution < -0.4 is 4.74 Å². The molecule has 19 heavy (non-hydrogen) atoms. The van der Waals surface area contributed by atoms with E-state index in [0.29, 0.717) is 0 Å². The van der Waals surface area contributed by atoms with Gasteiger partial charge in [-0.3, -0.25) is 4.79 Å². The summed E-state index contributed by atoms with van der Waals surface area (Å²) >= 11 is 6.26. The predicted octanol–water partition coefficient (Wildman–Crippen LogP) is 3.38. The van der Waals surface area contributed by atoms with Gasteiger partial charge in [-0.2, -0.15) is 0 Å². The Morgan fingerprint density at radius 1 is 1.21 bits per heavy atom. The van der Waals surface area contributed by atoms with Crippen LogP contribution in [-0.2, 0) is 4.79 Å². The molecule has 2 rings (SSSR count). The zero-order chi connectivity index (χ0) is 13.8. The zero-order valence-corrected chi connectivity index (χ0v) is 12.2. The smallest absolute Gasteiger partial charge is 0.245 e. The first-order chi connectivity index (χ1) is 9.08. The van der Waals surface area contributed by atoms with Crippen molar-refractivity contribution in [1.82, 2.24) is 4.90 Å². The monoisotopic (exact) mass is 281 g/mol. The molecule has 1 amide bonds. The Bertz CT molecular complexity index is 424. The first-order valence-corrected chi connectivity index (χ1v) is 7.21. The summed E-state index contributed by atoms with van der Waals surface area (Å²) in [6.07, 6.45) is 2.30. The highest BCUT2D eigenvalue weighted by molar-refractivity contribution is 6.30. The van der Waals surface area contributed by atoms with Crippen molar-refractivity contribution in [2.75, 3.05) is 13.1 Å². The Balaban J connectivity index is 2.02. The van der Waals surface area contributed by atoms with Crippen LogP contribution in [0, 0.1) is 0 Å². The number of hydrogen-bond acceptors (Lipinski definition) is 2.